The summed E-state index contributed by atoms with van der Waals surface area (Å²) in [6.45, 7) is 8.44. The molecule has 1 unspecified atom stereocenters. The number of nitrogens with zero attached hydrogens (tertiary/aromatic N) is 2. The molecule has 0 saturated heterocycles. The smallest absolute Gasteiger partial charge is 0.0900 e. The van der Waals surface area contributed by atoms with Gasteiger partial charge in [0.1, 0.15) is 0 Å². The van der Waals surface area contributed by atoms with Crippen molar-refractivity contribution < 1.29 is 0 Å². The molecular weight excluding hydrogens is 206 g/mol. The van der Waals surface area contributed by atoms with E-state index < -0.39 is 0 Å². The van der Waals surface area contributed by atoms with Crippen LogP contribution in [-0.4, -0.2) is 37.1 Å². The van der Waals surface area contributed by atoms with Crippen molar-refractivity contribution in [3.63, 3.8) is 0 Å². The molecule has 4 heteroatoms. The van der Waals surface area contributed by atoms with Crippen LogP contribution in [0.25, 0.3) is 0 Å². The second kappa shape index (κ2) is 5.58. The average molecular weight is 227 g/mol. The van der Waals surface area contributed by atoms with Gasteiger partial charge in [-0.2, -0.15) is 0 Å². The summed E-state index contributed by atoms with van der Waals surface area (Å²) in [5.41, 5.74) is 1.17. The second-order valence-corrected chi connectivity index (χ2v) is 5.40. The molecule has 1 N–H and O–H groups in total. The van der Waals surface area contributed by atoms with Gasteiger partial charge in [-0.25, -0.2) is 4.98 Å². The number of aryl methyl sites for hydroxylation is 2. The molecule has 3 nitrogen and oxygen atoms in total. The predicted octanol–water partition coefficient (Wildman–Crippen LogP) is 1.97. The lowest BCUT2D eigenvalue weighted by Crippen LogP contribution is -2.28. The molecule has 0 aliphatic rings. The highest BCUT2D eigenvalue weighted by atomic mass is 32.1. The van der Waals surface area contributed by atoms with Crippen molar-refractivity contribution in [3.8, 4) is 0 Å². The van der Waals surface area contributed by atoms with Crippen molar-refractivity contribution in [2.75, 3.05) is 27.2 Å². The van der Waals surface area contributed by atoms with Crippen molar-refractivity contribution in [3.05, 3.63) is 15.6 Å². The van der Waals surface area contributed by atoms with Crippen molar-refractivity contribution in [2.45, 2.75) is 26.8 Å². The van der Waals surface area contributed by atoms with E-state index in [1.165, 1.54) is 10.6 Å². The summed E-state index contributed by atoms with van der Waals surface area (Å²) in [4.78, 5) is 8.00. The van der Waals surface area contributed by atoms with E-state index in [0.29, 0.717) is 6.04 Å². The van der Waals surface area contributed by atoms with Crippen LogP contribution >= 0.6 is 11.3 Å². The summed E-state index contributed by atoms with van der Waals surface area (Å²) in [6, 6.07) is 0.413. The molecule has 1 aromatic heterocycles. The van der Waals surface area contributed by atoms with Gasteiger partial charge in [-0.3, -0.25) is 0 Å². The number of hydrogen-bond acceptors (Lipinski definition) is 4. The van der Waals surface area contributed by atoms with Crippen LogP contribution in [0.15, 0.2) is 0 Å². The van der Waals surface area contributed by atoms with Gasteiger partial charge in [0.25, 0.3) is 0 Å². The lowest BCUT2D eigenvalue weighted by molar-refractivity contribution is 0.390. The summed E-state index contributed by atoms with van der Waals surface area (Å²) < 4.78 is 0. The number of rotatable bonds is 5. The van der Waals surface area contributed by atoms with Crippen molar-refractivity contribution in [2.24, 2.45) is 0 Å². The fourth-order valence-corrected chi connectivity index (χ4v) is 2.50. The molecule has 0 spiro atoms. The third-order valence-electron chi connectivity index (χ3n) is 2.34. The monoisotopic (exact) mass is 227 g/mol. The van der Waals surface area contributed by atoms with Gasteiger partial charge in [0.15, 0.2) is 0 Å². The zero-order valence-electron chi connectivity index (χ0n) is 10.3. The number of hydrogen-bond donors (Lipinski definition) is 1. The summed E-state index contributed by atoms with van der Waals surface area (Å²) in [6.07, 6.45) is 0. The zero-order chi connectivity index (χ0) is 11.4. The van der Waals surface area contributed by atoms with Crippen LogP contribution < -0.4 is 5.32 Å². The first-order valence-electron chi connectivity index (χ1n) is 5.32. The van der Waals surface area contributed by atoms with Crippen LogP contribution in [0.1, 0.15) is 28.5 Å². The van der Waals surface area contributed by atoms with E-state index in [1.54, 1.807) is 11.3 Å². The van der Waals surface area contributed by atoms with Crippen LogP contribution in [-0.2, 0) is 0 Å². The summed E-state index contributed by atoms with van der Waals surface area (Å²) in [5.74, 6) is 0. The first kappa shape index (κ1) is 12.6. The van der Waals surface area contributed by atoms with Crippen LogP contribution in [0.3, 0.4) is 0 Å². The Morgan fingerprint density at radius 1 is 1.40 bits per heavy atom. The number of likely N-dealkylation sites (N-methyl/N-ethyl adjacent to an activating group) is 1. The van der Waals surface area contributed by atoms with Crippen molar-refractivity contribution in [1.82, 2.24) is 15.2 Å². The average Bonchev–Trinajstić information content (AvgIpc) is 2.44. The maximum atomic E-state index is 4.44. The minimum absolute atomic E-state index is 0.413. The van der Waals surface area contributed by atoms with E-state index >= 15 is 0 Å². The molecule has 1 rings (SSSR count). The highest BCUT2D eigenvalue weighted by Gasteiger charge is 2.11. The molecular formula is C11H21N3S. The molecule has 86 valence electrons. The minimum Gasteiger partial charge on any atom is -0.308 e. The Morgan fingerprint density at radius 2 is 2.07 bits per heavy atom. The lowest BCUT2D eigenvalue weighted by atomic mass is 10.2. The van der Waals surface area contributed by atoms with Crippen LogP contribution in [0, 0.1) is 13.8 Å². The molecule has 0 radical (unpaired) electrons. The summed E-state index contributed by atoms with van der Waals surface area (Å²) in [7, 11) is 4.18. The van der Waals surface area contributed by atoms with Gasteiger partial charge < -0.3 is 10.2 Å². The minimum atomic E-state index is 0.413. The van der Waals surface area contributed by atoms with Gasteiger partial charge >= 0.3 is 0 Å². The molecule has 15 heavy (non-hydrogen) atoms. The summed E-state index contributed by atoms with van der Waals surface area (Å²) in [5, 5.41) is 4.67. The van der Waals surface area contributed by atoms with E-state index in [2.05, 4.69) is 50.1 Å². The molecule has 0 fully saturated rings. The van der Waals surface area contributed by atoms with E-state index in [1.807, 2.05) is 0 Å². The molecule has 0 saturated carbocycles. The molecule has 1 heterocycles. The second-order valence-electron chi connectivity index (χ2n) is 4.16. The predicted molar refractivity (Wildman–Crippen MR) is 66.6 cm³/mol. The maximum absolute atomic E-state index is 4.44. The molecule has 1 aromatic rings. The highest BCUT2D eigenvalue weighted by molar-refractivity contribution is 7.11. The van der Waals surface area contributed by atoms with Crippen molar-refractivity contribution >= 4 is 11.3 Å². The Labute approximate surface area is 96.5 Å². The number of thiazole rings is 1. The Hall–Kier alpha value is -0.450. The van der Waals surface area contributed by atoms with Gasteiger partial charge in [0.2, 0.25) is 0 Å². The molecule has 0 aromatic carbocycles. The molecule has 0 aliphatic carbocycles. The Bertz CT molecular complexity index is 307. The fraction of sp³-hybridized carbons (Fsp3) is 0.727. The SMILES string of the molecule is Cc1nc(C)c(C(C)NCCN(C)C)s1. The number of aromatic nitrogens is 1. The van der Waals surface area contributed by atoms with Crippen LogP contribution in [0.2, 0.25) is 0 Å². The van der Waals surface area contributed by atoms with Gasteiger partial charge in [-0.15, -0.1) is 11.3 Å². The van der Waals surface area contributed by atoms with Crippen LogP contribution in [0.4, 0.5) is 0 Å². The Morgan fingerprint density at radius 3 is 2.53 bits per heavy atom. The molecule has 1 atom stereocenters. The third kappa shape index (κ3) is 3.89. The van der Waals surface area contributed by atoms with Gasteiger partial charge in [0, 0.05) is 24.0 Å². The topological polar surface area (TPSA) is 28.2 Å². The van der Waals surface area contributed by atoms with Gasteiger partial charge in [-0.05, 0) is 34.9 Å². The first-order chi connectivity index (χ1) is 7.00. The summed E-state index contributed by atoms with van der Waals surface area (Å²) >= 11 is 1.79. The molecule has 0 aliphatic heterocycles. The Balaban J connectivity index is 2.46. The van der Waals surface area contributed by atoms with Crippen LogP contribution in [0.5, 0.6) is 0 Å². The van der Waals surface area contributed by atoms with Gasteiger partial charge in [-0.1, -0.05) is 0 Å². The zero-order valence-corrected chi connectivity index (χ0v) is 11.1. The molecule has 0 bridgehead atoms. The normalized spacial score (nSPS) is 13.5. The van der Waals surface area contributed by atoms with E-state index in [4.69, 9.17) is 0 Å². The van der Waals surface area contributed by atoms with Crippen molar-refractivity contribution in [1.29, 1.82) is 0 Å². The Kier molecular flexibility index (Phi) is 4.70. The molecule has 0 amide bonds. The lowest BCUT2D eigenvalue weighted by Gasteiger charge is -2.15. The van der Waals surface area contributed by atoms with E-state index in [0.717, 1.165) is 18.1 Å². The van der Waals surface area contributed by atoms with E-state index in [-0.39, 0.29) is 0 Å². The first-order valence-corrected chi connectivity index (χ1v) is 6.14. The quantitative estimate of drug-likeness (QED) is 0.833. The largest absolute Gasteiger partial charge is 0.308 e. The highest BCUT2D eigenvalue weighted by Crippen LogP contribution is 2.23. The van der Waals surface area contributed by atoms with E-state index in [9.17, 15) is 0 Å². The van der Waals surface area contributed by atoms with Gasteiger partial charge in [0.05, 0.1) is 10.7 Å². The maximum Gasteiger partial charge on any atom is 0.0900 e. The fourth-order valence-electron chi connectivity index (χ4n) is 1.55. The number of nitrogens with one attached hydrogen (secondary N) is 1. The third-order valence-corrected chi connectivity index (χ3v) is 3.60. The standard InChI is InChI=1S/C11H21N3S/c1-8(12-6-7-14(4)5)11-9(2)13-10(3)15-11/h8,12H,6-7H2,1-5H3.